The zero-order valence-corrected chi connectivity index (χ0v) is 19.0. The molecule has 0 aliphatic heterocycles. The monoisotopic (exact) mass is 459 g/mol. The Morgan fingerprint density at radius 1 is 1.09 bits per heavy atom. The van der Waals surface area contributed by atoms with Gasteiger partial charge in [-0.25, -0.2) is 8.78 Å². The molecule has 1 saturated carbocycles. The number of nitriles is 1. The van der Waals surface area contributed by atoms with Gasteiger partial charge in [0, 0.05) is 0 Å². The van der Waals surface area contributed by atoms with Crippen molar-refractivity contribution >= 4 is 0 Å². The fourth-order valence-corrected chi connectivity index (χ4v) is 4.52. The summed E-state index contributed by atoms with van der Waals surface area (Å²) in [5.41, 5.74) is -0.120. The van der Waals surface area contributed by atoms with Crippen LogP contribution in [0.15, 0.2) is 48.6 Å². The first-order chi connectivity index (χ1) is 15.7. The highest BCUT2D eigenvalue weighted by molar-refractivity contribution is 5.36. The van der Waals surface area contributed by atoms with Gasteiger partial charge in [0.05, 0.1) is 11.7 Å². The van der Waals surface area contributed by atoms with E-state index in [1.807, 2.05) is 6.92 Å². The first kappa shape index (κ1) is 25.0. The summed E-state index contributed by atoms with van der Waals surface area (Å²) in [4.78, 5) is 0. The van der Waals surface area contributed by atoms with Gasteiger partial charge in [0.15, 0.2) is 0 Å². The Hall–Kier alpha value is -2.65. The molecule has 0 spiro atoms. The lowest BCUT2D eigenvalue weighted by molar-refractivity contribution is -0.272. The van der Waals surface area contributed by atoms with Crippen LogP contribution in [0.1, 0.15) is 86.6 Å². The molecular weight excluding hydrogens is 430 g/mol. The number of nitrogens with zero attached hydrogens (tertiary/aromatic N) is 1. The summed E-state index contributed by atoms with van der Waals surface area (Å²) in [6, 6.07) is 9.28. The van der Waals surface area contributed by atoms with Gasteiger partial charge in [-0.2, -0.15) is 14.0 Å². The van der Waals surface area contributed by atoms with Crippen LogP contribution in [-0.4, -0.2) is 0 Å². The lowest BCUT2D eigenvalue weighted by Crippen LogP contribution is -2.21. The van der Waals surface area contributed by atoms with Crippen LogP contribution < -0.4 is 0 Å². The van der Waals surface area contributed by atoms with E-state index in [2.05, 4.69) is 12.2 Å². The van der Waals surface area contributed by atoms with Gasteiger partial charge in [0.1, 0.15) is 23.3 Å². The minimum Gasteiger partial charge on any atom is -0.309 e. The smallest absolute Gasteiger partial charge is 0.309 e. The second kappa shape index (κ2) is 11.0. The molecule has 176 valence electrons. The average Bonchev–Trinajstić information content (AvgIpc) is 2.79. The largest absolute Gasteiger partial charge is 0.383 e. The zero-order valence-electron chi connectivity index (χ0n) is 19.0. The molecule has 0 saturated heterocycles. The van der Waals surface area contributed by atoms with Crippen LogP contribution in [0.2, 0.25) is 0 Å². The molecule has 0 N–H and O–H groups in total. The highest BCUT2D eigenvalue weighted by Gasteiger charge is 2.36. The molecule has 1 unspecified atom stereocenters. The predicted octanol–water partition coefficient (Wildman–Crippen LogP) is 8.29. The minimum absolute atomic E-state index is 0.105. The lowest BCUT2D eigenvalue weighted by atomic mass is 9.77. The summed E-state index contributed by atoms with van der Waals surface area (Å²) in [6.45, 7) is 3.32. The molecule has 0 radical (unpaired) electrons. The molecule has 1 fully saturated rings. The average molecular weight is 460 g/mol. The van der Waals surface area contributed by atoms with E-state index in [1.165, 1.54) is 31.5 Å². The van der Waals surface area contributed by atoms with E-state index in [0.29, 0.717) is 5.92 Å². The molecule has 1 aliphatic carbocycles. The van der Waals surface area contributed by atoms with Crippen molar-refractivity contribution in [2.45, 2.75) is 70.5 Å². The molecule has 0 bridgehead atoms. The standard InChI is InChI=1S/C27H29F4NO/c1-3-4-5-6-19-7-9-20(10-8-19)21-11-13-23(14-12-21)27(30,31)33-18(2)22-15-25(28)24(17-32)26(29)16-22/h3-4,11-16,18-20H,5-10H2,1-2H3/b4-3+. The molecule has 1 atom stereocenters. The Morgan fingerprint density at radius 2 is 1.70 bits per heavy atom. The molecule has 0 amide bonds. The third-order valence-corrected chi connectivity index (χ3v) is 6.51. The predicted molar refractivity (Wildman–Crippen MR) is 120 cm³/mol. The van der Waals surface area contributed by atoms with Crippen molar-refractivity contribution in [2.75, 3.05) is 0 Å². The molecule has 0 heterocycles. The summed E-state index contributed by atoms with van der Waals surface area (Å²) >= 11 is 0. The molecule has 33 heavy (non-hydrogen) atoms. The summed E-state index contributed by atoms with van der Waals surface area (Å²) in [5.74, 6) is -1.11. The van der Waals surface area contributed by atoms with Crippen LogP contribution in [0.5, 0.6) is 0 Å². The maximum atomic E-state index is 14.7. The summed E-state index contributed by atoms with van der Waals surface area (Å²) in [5, 5.41) is 8.75. The quantitative estimate of drug-likeness (QED) is 0.294. The number of ether oxygens (including phenoxy) is 1. The number of hydrogen-bond acceptors (Lipinski definition) is 2. The Bertz CT molecular complexity index is 979. The van der Waals surface area contributed by atoms with Gasteiger partial charge in [-0.3, -0.25) is 0 Å². The van der Waals surface area contributed by atoms with Gasteiger partial charge >= 0.3 is 6.11 Å². The normalized spacial score (nSPS) is 20.0. The van der Waals surface area contributed by atoms with E-state index < -0.39 is 29.4 Å². The van der Waals surface area contributed by atoms with E-state index in [1.54, 1.807) is 12.1 Å². The molecule has 2 aromatic rings. The van der Waals surface area contributed by atoms with Crippen molar-refractivity contribution in [1.82, 2.24) is 0 Å². The second-order valence-corrected chi connectivity index (χ2v) is 8.73. The van der Waals surface area contributed by atoms with Gasteiger partial charge < -0.3 is 4.74 Å². The van der Waals surface area contributed by atoms with Crippen LogP contribution in [0, 0.1) is 28.9 Å². The maximum absolute atomic E-state index is 14.7. The second-order valence-electron chi connectivity index (χ2n) is 8.73. The summed E-state index contributed by atoms with van der Waals surface area (Å²) in [6.07, 6.45) is 6.07. The highest BCUT2D eigenvalue weighted by Crippen LogP contribution is 2.40. The molecule has 1 aliphatic rings. The first-order valence-corrected chi connectivity index (χ1v) is 11.4. The number of alkyl halides is 2. The van der Waals surface area contributed by atoms with Gasteiger partial charge in [0.2, 0.25) is 0 Å². The highest BCUT2D eigenvalue weighted by atomic mass is 19.3. The fourth-order valence-electron chi connectivity index (χ4n) is 4.52. The molecule has 2 aromatic carbocycles. The van der Waals surface area contributed by atoms with Gasteiger partial charge in [0.25, 0.3) is 0 Å². The SMILES string of the molecule is C/C=C/CCC1CCC(c2ccc(C(F)(F)OC(C)c3cc(F)c(C#N)c(F)c3)cc2)CC1. The van der Waals surface area contributed by atoms with Crippen LogP contribution >= 0.6 is 0 Å². The van der Waals surface area contributed by atoms with Crippen molar-refractivity contribution in [3.05, 3.63) is 82.4 Å². The minimum atomic E-state index is -3.64. The Balaban J connectivity index is 1.62. The molecule has 0 aromatic heterocycles. The van der Waals surface area contributed by atoms with Gasteiger partial charge in [-0.05, 0) is 87.5 Å². The number of benzene rings is 2. The fraction of sp³-hybridized carbons (Fsp3) is 0.444. The van der Waals surface area contributed by atoms with Crippen molar-refractivity contribution in [3.8, 4) is 6.07 Å². The Labute approximate surface area is 192 Å². The van der Waals surface area contributed by atoms with Crippen LogP contribution in [0.4, 0.5) is 17.6 Å². The van der Waals surface area contributed by atoms with E-state index in [4.69, 9.17) is 10.00 Å². The van der Waals surface area contributed by atoms with Crippen LogP contribution in [-0.2, 0) is 10.8 Å². The van der Waals surface area contributed by atoms with Crippen molar-refractivity contribution in [3.63, 3.8) is 0 Å². The Morgan fingerprint density at radius 3 is 2.24 bits per heavy atom. The third kappa shape index (κ3) is 6.23. The Kier molecular flexibility index (Phi) is 8.31. The van der Waals surface area contributed by atoms with Crippen LogP contribution in [0.25, 0.3) is 0 Å². The molecule has 3 rings (SSSR count). The molecular formula is C27H29F4NO. The van der Waals surface area contributed by atoms with E-state index in [-0.39, 0.29) is 11.1 Å². The number of rotatable bonds is 8. The summed E-state index contributed by atoms with van der Waals surface area (Å²) in [7, 11) is 0. The number of allylic oxidation sites excluding steroid dienone is 2. The van der Waals surface area contributed by atoms with Crippen molar-refractivity contribution < 1.29 is 22.3 Å². The van der Waals surface area contributed by atoms with Crippen LogP contribution in [0.3, 0.4) is 0 Å². The van der Waals surface area contributed by atoms with E-state index in [9.17, 15) is 17.6 Å². The molecule has 2 nitrogen and oxygen atoms in total. The number of halogens is 4. The van der Waals surface area contributed by atoms with Gasteiger partial charge in [-0.15, -0.1) is 0 Å². The lowest BCUT2D eigenvalue weighted by Gasteiger charge is -2.29. The zero-order chi connectivity index (χ0) is 24.0. The van der Waals surface area contributed by atoms with E-state index in [0.717, 1.165) is 55.7 Å². The topological polar surface area (TPSA) is 33.0 Å². The maximum Gasteiger partial charge on any atom is 0.383 e. The third-order valence-electron chi connectivity index (χ3n) is 6.51. The van der Waals surface area contributed by atoms with E-state index >= 15 is 0 Å². The molecule has 6 heteroatoms. The van der Waals surface area contributed by atoms with Crippen molar-refractivity contribution in [1.29, 1.82) is 5.26 Å². The number of hydrogen-bond donors (Lipinski definition) is 0. The van der Waals surface area contributed by atoms with Crippen molar-refractivity contribution in [2.24, 2.45) is 5.92 Å². The van der Waals surface area contributed by atoms with Gasteiger partial charge in [-0.1, -0.05) is 36.4 Å². The first-order valence-electron chi connectivity index (χ1n) is 11.4. The summed E-state index contributed by atoms with van der Waals surface area (Å²) < 4.78 is 62.1.